The molecule has 18 heavy (non-hydrogen) atoms. The molecule has 0 saturated carbocycles. The molecule has 1 aromatic rings. The van der Waals surface area contributed by atoms with Gasteiger partial charge in [-0.2, -0.15) is 15.8 Å². The summed E-state index contributed by atoms with van der Waals surface area (Å²) < 4.78 is 0. The first-order valence-electron chi connectivity index (χ1n) is 5.93. The third-order valence-corrected chi connectivity index (χ3v) is 3.03. The second kappa shape index (κ2) is 6.43. The van der Waals surface area contributed by atoms with Gasteiger partial charge in [-0.1, -0.05) is 25.1 Å². The highest BCUT2D eigenvalue weighted by Gasteiger charge is 2.32. The van der Waals surface area contributed by atoms with Crippen LogP contribution in [-0.2, 0) is 11.8 Å². The van der Waals surface area contributed by atoms with Crippen molar-refractivity contribution < 1.29 is 0 Å². The van der Waals surface area contributed by atoms with Crippen molar-refractivity contribution in [1.82, 2.24) is 0 Å². The summed E-state index contributed by atoms with van der Waals surface area (Å²) in [5, 5.41) is 27.1. The van der Waals surface area contributed by atoms with E-state index in [2.05, 4.69) is 24.3 Å². The number of rotatable bonds is 5. The maximum atomic E-state index is 9.29. The number of unbranched alkanes of at least 4 members (excludes halogenated alkanes) is 1. The van der Waals surface area contributed by atoms with Crippen molar-refractivity contribution in [1.29, 1.82) is 15.8 Å². The molecule has 0 spiro atoms. The first-order chi connectivity index (χ1) is 8.74. The van der Waals surface area contributed by atoms with E-state index >= 15 is 0 Å². The van der Waals surface area contributed by atoms with Crippen LogP contribution in [0, 0.1) is 40.1 Å². The van der Waals surface area contributed by atoms with Crippen molar-refractivity contribution in [3.05, 3.63) is 35.4 Å². The monoisotopic (exact) mass is 236 g/mol. The molecule has 1 radical (unpaired) electrons. The Hall–Kier alpha value is -2.31. The van der Waals surface area contributed by atoms with E-state index in [4.69, 9.17) is 5.26 Å². The van der Waals surface area contributed by atoms with Gasteiger partial charge in [-0.15, -0.1) is 0 Å². The number of hydrogen-bond acceptors (Lipinski definition) is 3. The van der Waals surface area contributed by atoms with Gasteiger partial charge >= 0.3 is 0 Å². The zero-order chi connectivity index (χ0) is 13.4. The quantitative estimate of drug-likeness (QED) is 0.737. The summed E-state index contributed by atoms with van der Waals surface area (Å²) >= 11 is 0. The molecule has 3 heteroatoms. The first kappa shape index (κ1) is 13.8. The third kappa shape index (κ3) is 2.68. The Morgan fingerprint density at radius 1 is 1.28 bits per heavy atom. The fourth-order valence-corrected chi connectivity index (χ4v) is 1.92. The van der Waals surface area contributed by atoms with Crippen LogP contribution in [0.5, 0.6) is 0 Å². The predicted molar refractivity (Wildman–Crippen MR) is 67.0 cm³/mol. The largest absolute Gasteiger partial charge is 0.198 e. The molecule has 89 valence electrons. The summed E-state index contributed by atoms with van der Waals surface area (Å²) in [4.78, 5) is 0. The maximum Gasteiger partial charge on any atom is 0.168 e. The van der Waals surface area contributed by atoms with E-state index in [1.165, 1.54) is 0 Å². The summed E-state index contributed by atoms with van der Waals surface area (Å²) in [7, 11) is 0. The minimum atomic E-state index is -1.10. The molecule has 0 unspecified atom stereocenters. The molecule has 1 rings (SSSR count). The van der Waals surface area contributed by atoms with Crippen molar-refractivity contribution >= 4 is 0 Å². The molecule has 3 nitrogen and oxygen atoms in total. The lowest BCUT2D eigenvalue weighted by Gasteiger charge is -2.20. The molecular weight excluding hydrogens is 222 g/mol. The fraction of sp³-hybridized carbons (Fsp3) is 0.400. The van der Waals surface area contributed by atoms with Crippen LogP contribution in [-0.4, -0.2) is 0 Å². The van der Waals surface area contributed by atoms with Crippen LogP contribution in [0.25, 0.3) is 0 Å². The Morgan fingerprint density at radius 2 is 2.00 bits per heavy atom. The molecule has 0 aliphatic carbocycles. The molecular formula is C15H14N3. The third-order valence-electron chi connectivity index (χ3n) is 3.03. The van der Waals surface area contributed by atoms with Crippen LogP contribution >= 0.6 is 0 Å². The molecule has 0 aromatic heterocycles. The number of hydrogen-bond donors (Lipinski definition) is 0. The van der Waals surface area contributed by atoms with Gasteiger partial charge in [-0.3, -0.25) is 0 Å². The van der Waals surface area contributed by atoms with Crippen LogP contribution < -0.4 is 0 Å². The van der Waals surface area contributed by atoms with E-state index < -0.39 is 5.41 Å². The molecule has 0 atom stereocenters. The standard InChI is InChI=1S/C15H14N3/c1-2-15(11-17,12-18)14-9-4-3-7-13(14)8-5-6-10-16/h3-4,9H,2,5-6,8H2,1H3. The highest BCUT2D eigenvalue weighted by molar-refractivity contribution is 5.44. The van der Waals surface area contributed by atoms with Crippen LogP contribution in [0.1, 0.15) is 37.3 Å². The van der Waals surface area contributed by atoms with Gasteiger partial charge in [-0.25, -0.2) is 0 Å². The van der Waals surface area contributed by atoms with Gasteiger partial charge in [0.15, 0.2) is 5.41 Å². The van der Waals surface area contributed by atoms with Gasteiger partial charge in [0.05, 0.1) is 18.2 Å². The van der Waals surface area contributed by atoms with Crippen molar-refractivity contribution in [2.45, 2.75) is 38.0 Å². The smallest absolute Gasteiger partial charge is 0.168 e. The highest BCUT2D eigenvalue weighted by atomic mass is 14.4. The van der Waals surface area contributed by atoms with Crippen LogP contribution in [0.2, 0.25) is 0 Å². The lowest BCUT2D eigenvalue weighted by atomic mass is 9.78. The van der Waals surface area contributed by atoms with Crippen LogP contribution in [0.3, 0.4) is 0 Å². The number of nitrogens with zero attached hydrogens (tertiary/aromatic N) is 3. The predicted octanol–water partition coefficient (Wildman–Crippen LogP) is 3.03. The Morgan fingerprint density at radius 3 is 2.56 bits per heavy atom. The first-order valence-corrected chi connectivity index (χ1v) is 5.93. The molecule has 0 saturated heterocycles. The van der Waals surface area contributed by atoms with E-state index in [1.54, 1.807) is 12.1 Å². The Kier molecular flexibility index (Phi) is 4.91. The lowest BCUT2D eigenvalue weighted by molar-refractivity contribution is 0.658. The second-order valence-electron chi connectivity index (χ2n) is 4.06. The van der Waals surface area contributed by atoms with E-state index in [9.17, 15) is 10.5 Å². The van der Waals surface area contributed by atoms with Crippen molar-refractivity contribution in [3.8, 4) is 18.2 Å². The zero-order valence-electron chi connectivity index (χ0n) is 10.4. The van der Waals surface area contributed by atoms with Gasteiger partial charge in [-0.05, 0) is 36.5 Å². The zero-order valence-corrected chi connectivity index (χ0v) is 10.4. The average Bonchev–Trinajstić information content (AvgIpc) is 2.43. The van der Waals surface area contributed by atoms with E-state index in [1.807, 2.05) is 13.0 Å². The van der Waals surface area contributed by atoms with Gasteiger partial charge in [0.1, 0.15) is 0 Å². The minimum absolute atomic E-state index is 0.448. The number of nitriles is 3. The SMILES string of the molecule is CCC(C#N)(C#N)c1ccc[c]c1CCCC#N. The van der Waals surface area contributed by atoms with E-state index in [0.717, 1.165) is 17.5 Å². The maximum absolute atomic E-state index is 9.29. The summed E-state index contributed by atoms with van der Waals surface area (Å²) in [6.45, 7) is 1.83. The Labute approximate surface area is 108 Å². The fourth-order valence-electron chi connectivity index (χ4n) is 1.92. The molecule has 0 aliphatic rings. The Balaban J connectivity index is 3.13. The summed E-state index contributed by atoms with van der Waals surface area (Å²) in [5.74, 6) is 0. The molecule has 0 fully saturated rings. The molecule has 0 amide bonds. The summed E-state index contributed by atoms with van der Waals surface area (Å²) in [5.41, 5.74) is 0.507. The topological polar surface area (TPSA) is 71.4 Å². The van der Waals surface area contributed by atoms with E-state index in [-0.39, 0.29) is 0 Å². The molecule has 1 aromatic carbocycles. The molecule has 0 aliphatic heterocycles. The normalized spacial score (nSPS) is 10.1. The second-order valence-corrected chi connectivity index (χ2v) is 4.06. The summed E-state index contributed by atoms with van der Waals surface area (Å²) in [6.07, 6.45) is 2.32. The summed E-state index contributed by atoms with van der Waals surface area (Å²) in [6, 6.07) is 14.8. The van der Waals surface area contributed by atoms with Crippen LogP contribution in [0.15, 0.2) is 18.2 Å². The molecule has 0 N–H and O–H groups in total. The van der Waals surface area contributed by atoms with Crippen molar-refractivity contribution in [2.24, 2.45) is 0 Å². The van der Waals surface area contributed by atoms with Gasteiger partial charge < -0.3 is 0 Å². The Bertz CT molecular complexity index is 512. The van der Waals surface area contributed by atoms with Crippen molar-refractivity contribution in [3.63, 3.8) is 0 Å². The lowest BCUT2D eigenvalue weighted by Crippen LogP contribution is -2.22. The highest BCUT2D eigenvalue weighted by Crippen LogP contribution is 2.30. The van der Waals surface area contributed by atoms with Gasteiger partial charge in [0, 0.05) is 6.42 Å². The minimum Gasteiger partial charge on any atom is -0.198 e. The van der Waals surface area contributed by atoms with Gasteiger partial charge in [0.2, 0.25) is 0 Å². The number of aryl methyl sites for hydroxylation is 1. The van der Waals surface area contributed by atoms with Gasteiger partial charge in [0.25, 0.3) is 0 Å². The van der Waals surface area contributed by atoms with E-state index in [0.29, 0.717) is 19.3 Å². The molecule has 0 bridgehead atoms. The molecule has 0 heterocycles. The van der Waals surface area contributed by atoms with Crippen LogP contribution in [0.4, 0.5) is 0 Å². The van der Waals surface area contributed by atoms with Crippen molar-refractivity contribution in [2.75, 3.05) is 0 Å². The number of benzene rings is 1. The average molecular weight is 236 g/mol.